The Balaban J connectivity index is 3.14. The number of alkyl halides is 5. The fourth-order valence-corrected chi connectivity index (χ4v) is 2.76. The summed E-state index contributed by atoms with van der Waals surface area (Å²) in [5.41, 5.74) is -1.01. The van der Waals surface area contributed by atoms with E-state index in [9.17, 15) is 30.7 Å². The van der Waals surface area contributed by atoms with Crippen LogP contribution in [-0.4, -0.2) is 18.8 Å². The SMILES string of the molecule is CCCCC(CC)CC[NH+](c1cccc(F)c1F)C(F)(F)C(F)(F)F. The van der Waals surface area contributed by atoms with Gasteiger partial charge in [-0.05, 0) is 18.4 Å². The number of unbranched alkanes of at least 4 members (excludes halogenated alkanes) is 1. The van der Waals surface area contributed by atoms with Gasteiger partial charge in [0.25, 0.3) is 0 Å². The molecule has 0 spiro atoms. The zero-order valence-electron chi connectivity index (χ0n) is 14.2. The van der Waals surface area contributed by atoms with Crippen molar-refractivity contribution in [2.45, 2.75) is 58.2 Å². The first-order valence-electron chi connectivity index (χ1n) is 8.31. The van der Waals surface area contributed by atoms with Crippen LogP contribution >= 0.6 is 0 Å². The fraction of sp³-hybridized carbons (Fsp3) is 0.647. The predicted molar refractivity (Wildman–Crippen MR) is 80.8 cm³/mol. The third-order valence-corrected chi connectivity index (χ3v) is 4.36. The molecule has 0 amide bonds. The van der Waals surface area contributed by atoms with Gasteiger partial charge >= 0.3 is 12.2 Å². The number of benzene rings is 1. The summed E-state index contributed by atoms with van der Waals surface area (Å²) < 4.78 is 93.6. The molecule has 1 rings (SSSR count). The lowest BCUT2D eigenvalue weighted by Gasteiger charge is -2.29. The highest BCUT2D eigenvalue weighted by Gasteiger charge is 2.67. The van der Waals surface area contributed by atoms with Crippen LogP contribution in [0.3, 0.4) is 0 Å². The maximum Gasteiger partial charge on any atom is 0.515 e. The quantitative estimate of drug-likeness (QED) is 0.445. The topological polar surface area (TPSA) is 4.44 Å². The van der Waals surface area contributed by atoms with Crippen LogP contribution in [0.25, 0.3) is 0 Å². The molecular weight excluding hydrogens is 351 g/mol. The Labute approximate surface area is 142 Å². The van der Waals surface area contributed by atoms with Gasteiger partial charge < -0.3 is 0 Å². The molecule has 0 aliphatic heterocycles. The molecule has 144 valence electrons. The van der Waals surface area contributed by atoms with Crippen molar-refractivity contribution in [2.75, 3.05) is 6.54 Å². The summed E-state index contributed by atoms with van der Waals surface area (Å²) in [6.07, 6.45) is -2.78. The van der Waals surface area contributed by atoms with Gasteiger partial charge in [0.15, 0.2) is 11.5 Å². The molecule has 0 bridgehead atoms. The minimum Gasteiger partial charge on any atom is -0.231 e. The molecule has 0 saturated heterocycles. The number of hydrogen-bond acceptors (Lipinski definition) is 0. The Morgan fingerprint density at radius 2 is 1.64 bits per heavy atom. The Morgan fingerprint density at radius 3 is 2.16 bits per heavy atom. The van der Waals surface area contributed by atoms with Gasteiger partial charge in [0.2, 0.25) is 5.82 Å². The summed E-state index contributed by atoms with van der Waals surface area (Å²) in [6, 6.07) is -2.85. The number of rotatable bonds is 9. The lowest BCUT2D eigenvalue weighted by molar-refractivity contribution is -0.951. The molecule has 1 aromatic rings. The van der Waals surface area contributed by atoms with Gasteiger partial charge in [-0.15, -0.1) is 8.78 Å². The average Bonchev–Trinajstić information content (AvgIpc) is 2.53. The molecule has 2 unspecified atom stereocenters. The highest BCUT2D eigenvalue weighted by Crippen LogP contribution is 2.32. The second kappa shape index (κ2) is 8.87. The summed E-state index contributed by atoms with van der Waals surface area (Å²) in [4.78, 5) is -1.41. The number of nitrogens with one attached hydrogen (secondary N) is 1. The molecule has 0 fully saturated rings. The van der Waals surface area contributed by atoms with E-state index in [0.717, 1.165) is 25.0 Å². The van der Waals surface area contributed by atoms with E-state index in [1.54, 1.807) is 0 Å². The first kappa shape index (κ1) is 21.7. The standard InChI is InChI=1S/C17H22F7N/c1-3-5-7-12(4-2)10-11-25(17(23,24)16(20,21)22)14-9-6-8-13(18)15(14)19/h6,8-9,12H,3-5,7,10-11H2,1-2H3/p+1. The maximum atomic E-state index is 13.9. The van der Waals surface area contributed by atoms with Crippen LogP contribution < -0.4 is 4.90 Å². The Hall–Kier alpha value is -1.31. The van der Waals surface area contributed by atoms with Crippen molar-refractivity contribution in [3.63, 3.8) is 0 Å². The minimum atomic E-state index is -5.87. The van der Waals surface area contributed by atoms with E-state index in [1.807, 2.05) is 13.8 Å². The van der Waals surface area contributed by atoms with Crippen LogP contribution in [0.1, 0.15) is 46.0 Å². The molecule has 1 aromatic carbocycles. The summed E-state index contributed by atoms with van der Waals surface area (Å²) >= 11 is 0. The smallest absolute Gasteiger partial charge is 0.231 e. The number of quaternary nitrogens is 1. The second-order valence-corrected chi connectivity index (χ2v) is 6.11. The lowest BCUT2D eigenvalue weighted by Crippen LogP contribution is -3.16. The summed E-state index contributed by atoms with van der Waals surface area (Å²) in [5.74, 6) is -3.18. The van der Waals surface area contributed by atoms with Gasteiger partial charge in [-0.25, -0.2) is 9.29 Å². The normalized spacial score (nSPS) is 15.2. The van der Waals surface area contributed by atoms with Gasteiger partial charge in [-0.1, -0.05) is 45.6 Å². The molecule has 25 heavy (non-hydrogen) atoms. The van der Waals surface area contributed by atoms with Crippen molar-refractivity contribution in [3.05, 3.63) is 29.8 Å². The van der Waals surface area contributed by atoms with Crippen LogP contribution in [0.15, 0.2) is 18.2 Å². The Kier molecular flexibility index (Phi) is 7.71. The number of halogens is 7. The van der Waals surface area contributed by atoms with Crippen molar-refractivity contribution < 1.29 is 35.6 Å². The second-order valence-electron chi connectivity index (χ2n) is 6.11. The van der Waals surface area contributed by atoms with Gasteiger partial charge in [0.1, 0.15) is 0 Å². The summed E-state index contributed by atoms with van der Waals surface area (Å²) in [5, 5.41) is 0. The molecule has 0 radical (unpaired) electrons. The van der Waals surface area contributed by atoms with Crippen LogP contribution in [-0.2, 0) is 0 Å². The zero-order chi connectivity index (χ0) is 19.3. The van der Waals surface area contributed by atoms with Crippen LogP contribution in [0.5, 0.6) is 0 Å². The van der Waals surface area contributed by atoms with Gasteiger partial charge in [0.05, 0.1) is 6.54 Å². The van der Waals surface area contributed by atoms with Crippen LogP contribution in [0.2, 0.25) is 0 Å². The van der Waals surface area contributed by atoms with Crippen molar-refractivity contribution in [1.82, 2.24) is 0 Å². The molecule has 2 atom stereocenters. The molecule has 8 heteroatoms. The molecule has 0 aromatic heterocycles. The van der Waals surface area contributed by atoms with E-state index < -0.39 is 41.0 Å². The van der Waals surface area contributed by atoms with E-state index in [2.05, 4.69) is 0 Å². The van der Waals surface area contributed by atoms with Crippen molar-refractivity contribution >= 4 is 5.69 Å². The largest absolute Gasteiger partial charge is 0.515 e. The molecule has 0 heterocycles. The zero-order valence-corrected chi connectivity index (χ0v) is 14.2. The number of hydrogen-bond donors (Lipinski definition) is 1. The first-order chi connectivity index (χ1) is 11.6. The van der Waals surface area contributed by atoms with E-state index in [1.165, 1.54) is 0 Å². The predicted octanol–water partition coefficient (Wildman–Crippen LogP) is 5.24. The Bertz CT molecular complexity index is 542. The van der Waals surface area contributed by atoms with Crippen molar-refractivity contribution in [3.8, 4) is 0 Å². The summed E-state index contributed by atoms with van der Waals surface area (Å²) in [7, 11) is 0. The van der Waals surface area contributed by atoms with Crippen LogP contribution in [0, 0.1) is 17.6 Å². The maximum absolute atomic E-state index is 13.9. The van der Waals surface area contributed by atoms with Crippen molar-refractivity contribution in [2.24, 2.45) is 5.92 Å². The first-order valence-corrected chi connectivity index (χ1v) is 8.31. The van der Waals surface area contributed by atoms with E-state index in [4.69, 9.17) is 0 Å². The van der Waals surface area contributed by atoms with Gasteiger partial charge in [-0.2, -0.15) is 17.6 Å². The summed E-state index contributed by atoms with van der Waals surface area (Å²) in [6.45, 7) is 3.13. The monoisotopic (exact) mass is 374 g/mol. The van der Waals surface area contributed by atoms with Gasteiger partial charge in [-0.3, -0.25) is 0 Å². The average molecular weight is 374 g/mol. The van der Waals surface area contributed by atoms with E-state index >= 15 is 0 Å². The lowest BCUT2D eigenvalue weighted by atomic mass is 9.95. The molecule has 1 N–H and O–H groups in total. The molecule has 0 saturated carbocycles. The fourth-order valence-electron chi connectivity index (χ4n) is 2.76. The Morgan fingerprint density at radius 1 is 1.00 bits per heavy atom. The molecule has 0 aliphatic carbocycles. The third kappa shape index (κ3) is 5.33. The highest BCUT2D eigenvalue weighted by atomic mass is 19.4. The van der Waals surface area contributed by atoms with Gasteiger partial charge in [0, 0.05) is 6.07 Å². The molecular formula is C17H23F7N+. The third-order valence-electron chi connectivity index (χ3n) is 4.36. The highest BCUT2D eigenvalue weighted by molar-refractivity contribution is 5.32. The molecule has 1 nitrogen and oxygen atoms in total. The van der Waals surface area contributed by atoms with Crippen molar-refractivity contribution in [1.29, 1.82) is 0 Å². The minimum absolute atomic E-state index is 0.0457. The molecule has 0 aliphatic rings. The van der Waals surface area contributed by atoms with E-state index in [-0.39, 0.29) is 12.3 Å². The van der Waals surface area contributed by atoms with Crippen LogP contribution in [0.4, 0.5) is 36.4 Å². The van der Waals surface area contributed by atoms with E-state index in [0.29, 0.717) is 18.9 Å².